The first-order valence-electron chi connectivity index (χ1n) is 4.84. The average Bonchev–Trinajstić information content (AvgIpc) is 2.22. The second-order valence-electron chi connectivity index (χ2n) is 3.69. The molecule has 1 aliphatic heterocycles. The number of benzene rings is 1. The van der Waals surface area contributed by atoms with Crippen molar-refractivity contribution < 1.29 is 19.4 Å². The normalized spacial score (nSPS) is 18.9. The molecule has 86 valence electrons. The van der Waals surface area contributed by atoms with Crippen molar-refractivity contribution in [2.24, 2.45) is 0 Å². The highest BCUT2D eigenvalue weighted by atomic mass is 35.5. The van der Waals surface area contributed by atoms with Crippen LogP contribution < -0.4 is 4.74 Å². The third-order valence-corrected chi connectivity index (χ3v) is 2.95. The molecular formula is C11H11ClO4. The molecule has 16 heavy (non-hydrogen) atoms. The number of carbonyl (C=O) groups is 1. The standard InChI is InChI=1S/C11H11ClO4/c1-5-3-6-9(11(14)16-5)7(13)4-8(15-2)10(6)12/h4-5,13H,3H2,1-2H3/t5-/m0/s1. The number of cyclic esters (lactones) is 1. The molecule has 1 atom stereocenters. The molecule has 0 amide bonds. The van der Waals surface area contributed by atoms with Crippen LogP contribution in [0.2, 0.25) is 5.02 Å². The molecule has 1 heterocycles. The van der Waals surface area contributed by atoms with Crippen molar-refractivity contribution in [1.29, 1.82) is 0 Å². The number of carbonyl (C=O) groups excluding carboxylic acids is 1. The van der Waals surface area contributed by atoms with Crippen LogP contribution in [0.1, 0.15) is 22.8 Å². The van der Waals surface area contributed by atoms with E-state index in [0.29, 0.717) is 22.8 Å². The molecule has 0 saturated heterocycles. The highest BCUT2D eigenvalue weighted by Gasteiger charge is 2.30. The summed E-state index contributed by atoms with van der Waals surface area (Å²) in [5.41, 5.74) is 0.728. The fourth-order valence-electron chi connectivity index (χ4n) is 1.81. The lowest BCUT2D eigenvalue weighted by Gasteiger charge is -2.24. The molecule has 1 N–H and O–H groups in total. The molecule has 1 aromatic rings. The van der Waals surface area contributed by atoms with Crippen molar-refractivity contribution in [2.75, 3.05) is 7.11 Å². The van der Waals surface area contributed by atoms with Crippen LogP contribution in [0, 0.1) is 0 Å². The molecule has 1 aromatic carbocycles. The first-order valence-corrected chi connectivity index (χ1v) is 5.21. The van der Waals surface area contributed by atoms with Gasteiger partial charge in [0.05, 0.1) is 12.1 Å². The predicted molar refractivity (Wildman–Crippen MR) is 58.3 cm³/mol. The van der Waals surface area contributed by atoms with E-state index in [-0.39, 0.29) is 17.4 Å². The van der Waals surface area contributed by atoms with Gasteiger partial charge < -0.3 is 14.6 Å². The summed E-state index contributed by atoms with van der Waals surface area (Å²) in [5, 5.41) is 10.1. The van der Waals surface area contributed by atoms with Gasteiger partial charge in [-0.25, -0.2) is 4.79 Å². The van der Waals surface area contributed by atoms with Gasteiger partial charge in [-0.3, -0.25) is 0 Å². The lowest BCUT2D eigenvalue weighted by Crippen LogP contribution is -2.25. The largest absolute Gasteiger partial charge is 0.507 e. The van der Waals surface area contributed by atoms with Gasteiger partial charge in [0.2, 0.25) is 0 Å². The Labute approximate surface area is 97.7 Å². The number of halogens is 1. The molecule has 1 aliphatic rings. The van der Waals surface area contributed by atoms with Crippen molar-refractivity contribution >= 4 is 17.6 Å². The Morgan fingerprint density at radius 1 is 1.62 bits per heavy atom. The molecule has 0 unspecified atom stereocenters. The molecule has 0 aromatic heterocycles. The maximum absolute atomic E-state index is 11.6. The number of ether oxygens (including phenoxy) is 2. The van der Waals surface area contributed by atoms with Gasteiger partial charge >= 0.3 is 5.97 Å². The summed E-state index contributed by atoms with van der Waals surface area (Å²) >= 11 is 6.09. The third-order valence-electron chi connectivity index (χ3n) is 2.53. The Bertz CT molecular complexity index is 456. The van der Waals surface area contributed by atoms with E-state index in [1.807, 2.05) is 0 Å². The zero-order chi connectivity index (χ0) is 11.9. The first-order chi connectivity index (χ1) is 7.54. The van der Waals surface area contributed by atoms with Crippen molar-refractivity contribution in [2.45, 2.75) is 19.4 Å². The number of hydrogen-bond acceptors (Lipinski definition) is 4. The lowest BCUT2D eigenvalue weighted by molar-refractivity contribution is 0.0297. The Kier molecular flexibility index (Phi) is 2.68. The van der Waals surface area contributed by atoms with Gasteiger partial charge in [0, 0.05) is 12.5 Å². The molecule has 0 aliphatic carbocycles. The summed E-state index contributed by atoms with van der Waals surface area (Å²) in [6, 6.07) is 1.32. The van der Waals surface area contributed by atoms with E-state index in [2.05, 4.69) is 0 Å². The number of rotatable bonds is 1. The van der Waals surface area contributed by atoms with E-state index in [1.54, 1.807) is 6.92 Å². The number of fused-ring (bicyclic) bond motifs is 1. The Hall–Kier alpha value is -1.42. The van der Waals surface area contributed by atoms with E-state index in [1.165, 1.54) is 13.2 Å². The lowest BCUT2D eigenvalue weighted by atomic mass is 9.98. The molecule has 0 fully saturated rings. The Morgan fingerprint density at radius 3 is 2.94 bits per heavy atom. The van der Waals surface area contributed by atoms with Crippen molar-refractivity contribution in [3.05, 3.63) is 22.2 Å². The van der Waals surface area contributed by atoms with Crippen LogP contribution in [0.3, 0.4) is 0 Å². The number of esters is 1. The molecule has 4 nitrogen and oxygen atoms in total. The average molecular weight is 243 g/mol. The van der Waals surface area contributed by atoms with E-state index in [0.717, 1.165) is 0 Å². The van der Waals surface area contributed by atoms with Crippen molar-refractivity contribution in [1.82, 2.24) is 0 Å². The summed E-state index contributed by atoms with van der Waals surface area (Å²) in [6.07, 6.45) is 0.231. The maximum Gasteiger partial charge on any atom is 0.342 e. The maximum atomic E-state index is 11.6. The highest BCUT2D eigenvalue weighted by molar-refractivity contribution is 6.33. The van der Waals surface area contributed by atoms with Crippen LogP contribution in [0.4, 0.5) is 0 Å². The molecular weight excluding hydrogens is 232 g/mol. The van der Waals surface area contributed by atoms with E-state index < -0.39 is 5.97 Å². The topological polar surface area (TPSA) is 55.8 Å². The minimum atomic E-state index is -0.546. The fraction of sp³-hybridized carbons (Fsp3) is 0.364. The zero-order valence-electron chi connectivity index (χ0n) is 8.91. The molecule has 0 spiro atoms. The molecule has 0 bridgehead atoms. The van der Waals surface area contributed by atoms with Gasteiger partial charge in [-0.2, -0.15) is 0 Å². The number of methoxy groups -OCH3 is 1. The van der Waals surface area contributed by atoms with Crippen molar-refractivity contribution in [3.8, 4) is 11.5 Å². The summed E-state index contributed by atoms with van der Waals surface area (Å²) < 4.78 is 10.0. The zero-order valence-corrected chi connectivity index (χ0v) is 9.67. The smallest absolute Gasteiger partial charge is 0.342 e. The van der Waals surface area contributed by atoms with Crippen LogP contribution >= 0.6 is 11.6 Å². The van der Waals surface area contributed by atoms with E-state index >= 15 is 0 Å². The minimum Gasteiger partial charge on any atom is -0.507 e. The number of phenolic OH excluding ortho intramolecular Hbond substituents is 1. The van der Waals surface area contributed by atoms with E-state index in [9.17, 15) is 9.90 Å². The molecule has 0 radical (unpaired) electrons. The summed E-state index contributed by atoms with van der Waals surface area (Å²) in [5.74, 6) is -0.344. The highest BCUT2D eigenvalue weighted by Crippen LogP contribution is 2.39. The van der Waals surface area contributed by atoms with Crippen LogP contribution in [0.15, 0.2) is 6.07 Å². The SMILES string of the molecule is COc1cc(O)c2c(c1Cl)C[C@H](C)OC2=O. The summed E-state index contributed by atoms with van der Waals surface area (Å²) in [7, 11) is 1.46. The monoisotopic (exact) mass is 242 g/mol. The van der Waals surface area contributed by atoms with Gasteiger partial charge in [0.25, 0.3) is 0 Å². The minimum absolute atomic E-state index is 0.143. The number of aromatic hydroxyl groups is 1. The quantitative estimate of drug-likeness (QED) is 0.767. The summed E-state index contributed by atoms with van der Waals surface area (Å²) in [6.45, 7) is 1.77. The van der Waals surface area contributed by atoms with Crippen LogP contribution in [-0.4, -0.2) is 24.3 Å². The third kappa shape index (κ3) is 1.59. The van der Waals surface area contributed by atoms with Crippen molar-refractivity contribution in [3.63, 3.8) is 0 Å². The van der Waals surface area contributed by atoms with E-state index in [4.69, 9.17) is 21.1 Å². The number of phenols is 1. The summed E-state index contributed by atoms with van der Waals surface area (Å²) in [4.78, 5) is 11.6. The van der Waals surface area contributed by atoms with Gasteiger partial charge in [-0.05, 0) is 12.5 Å². The van der Waals surface area contributed by atoms with Gasteiger partial charge in [0.1, 0.15) is 23.2 Å². The Balaban J connectivity index is 2.66. The first kappa shape index (κ1) is 11.1. The number of hydrogen-bond donors (Lipinski definition) is 1. The van der Waals surface area contributed by atoms with Crippen LogP contribution in [0.5, 0.6) is 11.5 Å². The van der Waals surface area contributed by atoms with Gasteiger partial charge in [-0.1, -0.05) is 11.6 Å². The van der Waals surface area contributed by atoms with Crippen LogP contribution in [-0.2, 0) is 11.2 Å². The molecule has 5 heteroatoms. The van der Waals surface area contributed by atoms with Gasteiger partial charge in [0.15, 0.2) is 0 Å². The predicted octanol–water partition coefficient (Wildman–Crippen LogP) is 2.16. The van der Waals surface area contributed by atoms with Gasteiger partial charge in [-0.15, -0.1) is 0 Å². The second-order valence-corrected chi connectivity index (χ2v) is 4.06. The molecule has 0 saturated carbocycles. The second kappa shape index (κ2) is 3.87. The fourth-order valence-corrected chi connectivity index (χ4v) is 2.11. The molecule has 2 rings (SSSR count). The Morgan fingerprint density at radius 2 is 2.31 bits per heavy atom. The van der Waals surface area contributed by atoms with Crippen LogP contribution in [0.25, 0.3) is 0 Å².